The fraction of sp³-hybridized carbons (Fsp3) is 0.917. The molecule has 0 aliphatic heterocycles. The molecule has 0 fully saturated rings. The molecular weight excluding hydrogens is 266 g/mol. The minimum Gasteiger partial charge on any atom is -0.409 e. The van der Waals surface area contributed by atoms with E-state index >= 15 is 0 Å². The Balaban J connectivity index is 4.76. The molecule has 0 aromatic rings. The summed E-state index contributed by atoms with van der Waals surface area (Å²) in [6, 6.07) is 0. The normalized spacial score (nSPS) is 15.8. The molecule has 0 amide bonds. The summed E-state index contributed by atoms with van der Waals surface area (Å²) in [5.41, 5.74) is 5.46. The predicted molar refractivity (Wildman–Crippen MR) is 77.7 cm³/mol. The van der Waals surface area contributed by atoms with Gasteiger partial charge in [-0.05, 0) is 11.8 Å². The van der Waals surface area contributed by atoms with E-state index < -0.39 is 10.0 Å². The van der Waals surface area contributed by atoms with Gasteiger partial charge in [0, 0.05) is 19.0 Å². The summed E-state index contributed by atoms with van der Waals surface area (Å²) < 4.78 is 25.9. The molecule has 0 saturated carbocycles. The lowest BCUT2D eigenvalue weighted by molar-refractivity contribution is 0.311. The van der Waals surface area contributed by atoms with Crippen molar-refractivity contribution < 1.29 is 13.6 Å². The van der Waals surface area contributed by atoms with Gasteiger partial charge >= 0.3 is 0 Å². The number of sulfonamides is 1. The van der Waals surface area contributed by atoms with E-state index in [0.717, 1.165) is 0 Å². The van der Waals surface area contributed by atoms with Crippen LogP contribution in [0.2, 0.25) is 0 Å². The van der Waals surface area contributed by atoms with E-state index in [0.29, 0.717) is 13.0 Å². The Morgan fingerprint density at radius 3 is 2.32 bits per heavy atom. The first kappa shape index (κ1) is 18.2. The summed E-state index contributed by atoms with van der Waals surface area (Å²) in [7, 11) is -3.30. The summed E-state index contributed by atoms with van der Waals surface area (Å²) in [4.78, 5) is 0. The van der Waals surface area contributed by atoms with Gasteiger partial charge in [0.1, 0.15) is 5.84 Å². The average Bonchev–Trinajstić information content (AvgIpc) is 2.31. The minimum absolute atomic E-state index is 0.0241. The fourth-order valence-corrected chi connectivity index (χ4v) is 3.47. The van der Waals surface area contributed by atoms with Gasteiger partial charge in [0.2, 0.25) is 10.0 Å². The molecular formula is C12H27N3O3S. The monoisotopic (exact) mass is 293 g/mol. The Bertz CT molecular complexity index is 399. The van der Waals surface area contributed by atoms with Crippen LogP contribution >= 0.6 is 0 Å². The van der Waals surface area contributed by atoms with E-state index in [1.165, 1.54) is 4.31 Å². The minimum atomic E-state index is -3.30. The lowest BCUT2D eigenvalue weighted by Gasteiger charge is -2.25. The van der Waals surface area contributed by atoms with Gasteiger partial charge in [-0.2, -0.15) is 0 Å². The molecule has 3 N–H and O–H groups in total. The van der Waals surface area contributed by atoms with Crippen molar-refractivity contribution in [2.45, 2.75) is 41.0 Å². The zero-order valence-corrected chi connectivity index (χ0v) is 13.4. The molecule has 0 aromatic carbocycles. The Morgan fingerprint density at radius 1 is 1.42 bits per heavy atom. The van der Waals surface area contributed by atoms with Gasteiger partial charge in [-0.1, -0.05) is 39.8 Å². The van der Waals surface area contributed by atoms with Crippen molar-refractivity contribution in [3.8, 4) is 0 Å². The maximum Gasteiger partial charge on any atom is 0.214 e. The van der Waals surface area contributed by atoms with Gasteiger partial charge < -0.3 is 10.9 Å². The highest BCUT2D eigenvalue weighted by atomic mass is 32.2. The van der Waals surface area contributed by atoms with Crippen LogP contribution in [0, 0.1) is 11.3 Å². The SMILES string of the molecule is CCN(CC(C)C(N)=NO)S(=O)(=O)CCC(C)(C)C. The first-order valence-electron chi connectivity index (χ1n) is 6.48. The molecule has 0 saturated heterocycles. The van der Waals surface area contributed by atoms with Crippen molar-refractivity contribution in [3.05, 3.63) is 0 Å². The van der Waals surface area contributed by atoms with Crippen LogP contribution < -0.4 is 5.73 Å². The van der Waals surface area contributed by atoms with E-state index in [1.807, 2.05) is 20.8 Å². The molecule has 0 spiro atoms. The maximum atomic E-state index is 12.2. The zero-order valence-electron chi connectivity index (χ0n) is 12.5. The van der Waals surface area contributed by atoms with Gasteiger partial charge in [-0.15, -0.1) is 0 Å². The molecule has 0 rings (SSSR count). The number of nitrogens with two attached hydrogens (primary N) is 1. The zero-order chi connectivity index (χ0) is 15.3. The van der Waals surface area contributed by atoms with Gasteiger partial charge in [0.25, 0.3) is 0 Å². The molecule has 0 heterocycles. The average molecular weight is 293 g/mol. The van der Waals surface area contributed by atoms with Crippen molar-refractivity contribution in [2.75, 3.05) is 18.8 Å². The third-order valence-corrected chi connectivity index (χ3v) is 4.87. The number of hydrogen-bond donors (Lipinski definition) is 2. The molecule has 0 aliphatic rings. The molecule has 0 aromatic heterocycles. The molecule has 0 aliphatic carbocycles. The third-order valence-electron chi connectivity index (χ3n) is 2.95. The van der Waals surface area contributed by atoms with Crippen molar-refractivity contribution in [1.29, 1.82) is 0 Å². The van der Waals surface area contributed by atoms with Crippen LogP contribution in [0.1, 0.15) is 41.0 Å². The van der Waals surface area contributed by atoms with Crippen LogP contribution in [0.3, 0.4) is 0 Å². The topological polar surface area (TPSA) is 96.0 Å². The van der Waals surface area contributed by atoms with Crippen LogP contribution in [0.15, 0.2) is 5.16 Å². The van der Waals surface area contributed by atoms with E-state index in [2.05, 4.69) is 5.16 Å². The molecule has 19 heavy (non-hydrogen) atoms. The van der Waals surface area contributed by atoms with E-state index in [4.69, 9.17) is 10.9 Å². The lowest BCUT2D eigenvalue weighted by Crippen LogP contribution is -2.40. The van der Waals surface area contributed by atoms with Crippen LogP contribution in [-0.2, 0) is 10.0 Å². The van der Waals surface area contributed by atoms with Crippen LogP contribution in [0.5, 0.6) is 0 Å². The van der Waals surface area contributed by atoms with E-state index in [9.17, 15) is 8.42 Å². The summed E-state index contributed by atoms with van der Waals surface area (Å²) in [6.07, 6.45) is 0.601. The summed E-state index contributed by atoms with van der Waals surface area (Å²) >= 11 is 0. The van der Waals surface area contributed by atoms with Crippen molar-refractivity contribution in [2.24, 2.45) is 22.2 Å². The Morgan fingerprint density at radius 2 is 1.95 bits per heavy atom. The number of hydrogen-bond acceptors (Lipinski definition) is 4. The second-order valence-electron chi connectivity index (χ2n) is 6.00. The van der Waals surface area contributed by atoms with E-state index in [1.54, 1.807) is 13.8 Å². The lowest BCUT2D eigenvalue weighted by atomic mass is 9.94. The molecule has 7 heteroatoms. The molecule has 6 nitrogen and oxygen atoms in total. The predicted octanol–water partition coefficient (Wildman–Crippen LogP) is 1.46. The molecule has 1 unspecified atom stereocenters. The molecule has 114 valence electrons. The fourth-order valence-electron chi connectivity index (χ4n) is 1.50. The second-order valence-corrected chi connectivity index (χ2v) is 8.09. The summed E-state index contributed by atoms with van der Waals surface area (Å²) in [5, 5.41) is 11.5. The Hall–Kier alpha value is -0.820. The number of oxime groups is 1. The van der Waals surface area contributed by atoms with Crippen molar-refractivity contribution in [3.63, 3.8) is 0 Å². The van der Waals surface area contributed by atoms with E-state index in [-0.39, 0.29) is 29.5 Å². The highest BCUT2D eigenvalue weighted by Gasteiger charge is 2.25. The van der Waals surface area contributed by atoms with Gasteiger partial charge in [-0.25, -0.2) is 12.7 Å². The Labute approximate surface area is 116 Å². The standard InChI is InChI=1S/C12H27N3O3S/c1-6-15(9-10(2)11(13)14-16)19(17,18)8-7-12(3,4)5/h10,16H,6-9H2,1-5H3,(H2,13,14). The maximum absolute atomic E-state index is 12.2. The smallest absolute Gasteiger partial charge is 0.214 e. The molecule has 0 radical (unpaired) electrons. The van der Waals surface area contributed by atoms with Gasteiger partial charge in [-0.3, -0.25) is 0 Å². The van der Waals surface area contributed by atoms with Crippen LogP contribution in [0.4, 0.5) is 0 Å². The highest BCUT2D eigenvalue weighted by Crippen LogP contribution is 2.20. The Kier molecular flexibility index (Phi) is 6.79. The summed E-state index contributed by atoms with van der Waals surface area (Å²) in [5.74, 6) is -0.147. The quantitative estimate of drug-likeness (QED) is 0.321. The molecule has 0 bridgehead atoms. The second kappa shape index (κ2) is 7.09. The van der Waals surface area contributed by atoms with Gasteiger partial charge in [0.05, 0.1) is 5.75 Å². The third kappa shape index (κ3) is 6.77. The van der Waals surface area contributed by atoms with Crippen molar-refractivity contribution >= 4 is 15.9 Å². The number of amidine groups is 1. The first-order chi connectivity index (χ1) is 8.53. The highest BCUT2D eigenvalue weighted by molar-refractivity contribution is 7.89. The van der Waals surface area contributed by atoms with Crippen LogP contribution in [-0.4, -0.2) is 42.6 Å². The molecule has 1 atom stereocenters. The van der Waals surface area contributed by atoms with Crippen molar-refractivity contribution in [1.82, 2.24) is 4.31 Å². The largest absolute Gasteiger partial charge is 0.409 e. The number of nitrogens with zero attached hydrogens (tertiary/aromatic N) is 2. The first-order valence-corrected chi connectivity index (χ1v) is 8.09. The van der Waals surface area contributed by atoms with Crippen LogP contribution in [0.25, 0.3) is 0 Å². The summed E-state index contributed by atoms with van der Waals surface area (Å²) in [6.45, 7) is 10.2. The number of rotatable bonds is 7. The van der Waals surface area contributed by atoms with Gasteiger partial charge in [0.15, 0.2) is 0 Å².